The van der Waals surface area contributed by atoms with Gasteiger partial charge in [-0.25, -0.2) is 0 Å². The van der Waals surface area contributed by atoms with Gasteiger partial charge in [0.05, 0.1) is 10.8 Å². The lowest BCUT2D eigenvalue weighted by Gasteiger charge is -2.05. The Bertz CT molecular complexity index is 136. The number of halogens is 4. The van der Waals surface area contributed by atoms with Crippen LogP contribution in [0.5, 0.6) is 0 Å². The molecular formula is C5H7F3INO. The Morgan fingerprint density at radius 3 is 2.36 bits per heavy atom. The second kappa shape index (κ2) is 4.78. The van der Waals surface area contributed by atoms with Crippen molar-refractivity contribution in [2.45, 2.75) is 12.6 Å². The summed E-state index contributed by atoms with van der Waals surface area (Å²) >= 11 is 1.78. The van der Waals surface area contributed by atoms with Gasteiger partial charge in [0.1, 0.15) is 0 Å². The topological polar surface area (TPSA) is 29.1 Å². The lowest BCUT2D eigenvalue weighted by Crippen LogP contribution is -2.28. The molecule has 2 nitrogen and oxygen atoms in total. The molecule has 0 saturated carbocycles. The molecule has 0 aliphatic carbocycles. The molecule has 0 saturated heterocycles. The first-order valence-corrected chi connectivity index (χ1v) is 4.37. The average Bonchev–Trinajstić information content (AvgIpc) is 1.85. The Morgan fingerprint density at radius 2 is 2.00 bits per heavy atom. The first-order chi connectivity index (χ1) is 4.95. The van der Waals surface area contributed by atoms with E-state index in [9.17, 15) is 18.0 Å². The van der Waals surface area contributed by atoms with Crippen molar-refractivity contribution < 1.29 is 18.0 Å². The Labute approximate surface area is 75.7 Å². The Hall–Kier alpha value is -0.0100. The van der Waals surface area contributed by atoms with Gasteiger partial charge in [-0.05, 0) is 0 Å². The standard InChI is InChI=1S/C5H7F3INO/c6-5(7,8)1-2-10-4(11)3-9/h1-3H2,(H,10,11). The van der Waals surface area contributed by atoms with Crippen LogP contribution in [0, 0.1) is 0 Å². The summed E-state index contributed by atoms with van der Waals surface area (Å²) in [6.45, 7) is -0.328. The molecule has 0 radical (unpaired) electrons. The molecule has 0 rings (SSSR count). The zero-order valence-corrected chi connectivity index (χ0v) is 7.70. The minimum Gasteiger partial charge on any atom is -0.355 e. The zero-order chi connectivity index (χ0) is 8.91. The first kappa shape index (κ1) is 11.0. The van der Waals surface area contributed by atoms with Crippen molar-refractivity contribution >= 4 is 28.5 Å². The van der Waals surface area contributed by atoms with E-state index in [1.807, 2.05) is 0 Å². The molecule has 0 aliphatic heterocycles. The SMILES string of the molecule is O=C(CI)NCCC(F)(F)F. The Kier molecular flexibility index (Phi) is 4.78. The number of alkyl halides is 4. The third-order valence-electron chi connectivity index (χ3n) is 0.852. The molecule has 11 heavy (non-hydrogen) atoms. The van der Waals surface area contributed by atoms with Crippen molar-refractivity contribution in [3.63, 3.8) is 0 Å². The first-order valence-electron chi connectivity index (χ1n) is 2.85. The van der Waals surface area contributed by atoms with E-state index in [4.69, 9.17) is 0 Å². The number of amides is 1. The minimum absolute atomic E-state index is 0.190. The van der Waals surface area contributed by atoms with Gasteiger partial charge in [0.25, 0.3) is 0 Å². The van der Waals surface area contributed by atoms with Gasteiger partial charge < -0.3 is 5.32 Å². The molecule has 0 atom stereocenters. The Morgan fingerprint density at radius 1 is 1.45 bits per heavy atom. The number of rotatable bonds is 3. The zero-order valence-electron chi connectivity index (χ0n) is 5.54. The van der Waals surface area contributed by atoms with Gasteiger partial charge in [-0.3, -0.25) is 4.79 Å². The van der Waals surface area contributed by atoms with E-state index >= 15 is 0 Å². The molecule has 1 amide bonds. The van der Waals surface area contributed by atoms with Crippen molar-refractivity contribution in [1.82, 2.24) is 5.32 Å². The highest BCUT2D eigenvalue weighted by atomic mass is 127. The van der Waals surface area contributed by atoms with Gasteiger partial charge >= 0.3 is 6.18 Å². The van der Waals surface area contributed by atoms with Crippen LogP contribution in [0.4, 0.5) is 13.2 Å². The molecule has 0 bridgehead atoms. The van der Waals surface area contributed by atoms with Crippen molar-refractivity contribution in [2.24, 2.45) is 0 Å². The van der Waals surface area contributed by atoms with Crippen LogP contribution in [0.3, 0.4) is 0 Å². The van der Waals surface area contributed by atoms with Gasteiger partial charge in [-0.2, -0.15) is 13.2 Å². The predicted molar refractivity (Wildman–Crippen MR) is 42.6 cm³/mol. The largest absolute Gasteiger partial charge is 0.390 e. The van der Waals surface area contributed by atoms with Gasteiger partial charge in [0.2, 0.25) is 5.91 Å². The Balaban J connectivity index is 3.35. The smallest absolute Gasteiger partial charge is 0.355 e. The molecular weight excluding hydrogens is 274 g/mol. The number of hydrogen-bond donors (Lipinski definition) is 1. The lowest BCUT2D eigenvalue weighted by atomic mass is 10.4. The summed E-state index contributed by atoms with van der Waals surface area (Å²) in [4.78, 5) is 10.4. The third kappa shape index (κ3) is 7.89. The summed E-state index contributed by atoms with van der Waals surface area (Å²) in [6, 6.07) is 0. The number of carbonyl (C=O) groups is 1. The maximum Gasteiger partial charge on any atom is 0.390 e. The van der Waals surface area contributed by atoms with E-state index in [0.29, 0.717) is 0 Å². The lowest BCUT2D eigenvalue weighted by molar-refractivity contribution is -0.135. The number of nitrogens with one attached hydrogen (secondary N) is 1. The summed E-state index contributed by atoms with van der Waals surface area (Å²) in [5, 5.41) is 2.12. The summed E-state index contributed by atoms with van der Waals surface area (Å²) in [6.07, 6.45) is -5.14. The van der Waals surface area contributed by atoms with Crippen molar-refractivity contribution in [3.8, 4) is 0 Å². The normalized spacial score (nSPS) is 11.3. The highest BCUT2D eigenvalue weighted by molar-refractivity contribution is 14.1. The van der Waals surface area contributed by atoms with Crippen LogP contribution in [0.1, 0.15) is 6.42 Å². The molecule has 0 aliphatic rings. The fourth-order valence-corrected chi connectivity index (χ4v) is 0.661. The van der Waals surface area contributed by atoms with Crippen LogP contribution in [0.2, 0.25) is 0 Å². The van der Waals surface area contributed by atoms with E-state index < -0.39 is 12.6 Å². The average molecular weight is 281 g/mol. The molecule has 0 unspecified atom stereocenters. The highest BCUT2D eigenvalue weighted by Gasteiger charge is 2.26. The number of hydrogen-bond acceptors (Lipinski definition) is 1. The van der Waals surface area contributed by atoms with E-state index in [-0.39, 0.29) is 16.9 Å². The van der Waals surface area contributed by atoms with Gasteiger partial charge in [-0.15, -0.1) is 0 Å². The molecule has 6 heteroatoms. The van der Waals surface area contributed by atoms with Crippen LogP contribution in [-0.4, -0.2) is 23.1 Å². The summed E-state index contributed by atoms with van der Waals surface area (Å²) in [5.41, 5.74) is 0. The number of carbonyl (C=O) groups excluding carboxylic acids is 1. The van der Waals surface area contributed by atoms with Gasteiger partial charge in [0, 0.05) is 6.54 Å². The predicted octanol–water partition coefficient (Wildman–Crippen LogP) is 1.49. The molecule has 0 aromatic carbocycles. The minimum atomic E-state index is -4.18. The van der Waals surface area contributed by atoms with Crippen LogP contribution >= 0.6 is 22.6 Å². The van der Waals surface area contributed by atoms with Crippen molar-refractivity contribution in [1.29, 1.82) is 0 Å². The fourth-order valence-electron chi connectivity index (χ4n) is 0.391. The molecule has 0 heterocycles. The molecule has 0 aromatic rings. The van der Waals surface area contributed by atoms with E-state index in [1.165, 1.54) is 0 Å². The van der Waals surface area contributed by atoms with E-state index in [0.717, 1.165) is 0 Å². The summed E-state index contributed by atoms with van der Waals surface area (Å²) in [7, 11) is 0. The van der Waals surface area contributed by atoms with Crippen LogP contribution in [0.25, 0.3) is 0 Å². The van der Waals surface area contributed by atoms with Crippen LogP contribution in [0.15, 0.2) is 0 Å². The van der Waals surface area contributed by atoms with Gasteiger partial charge in [-0.1, -0.05) is 22.6 Å². The maximum absolute atomic E-state index is 11.5. The maximum atomic E-state index is 11.5. The molecule has 0 aromatic heterocycles. The molecule has 0 fully saturated rings. The summed E-state index contributed by atoms with van der Waals surface area (Å²) in [5.74, 6) is -0.366. The fraction of sp³-hybridized carbons (Fsp3) is 0.800. The second-order valence-corrected chi connectivity index (χ2v) is 2.61. The van der Waals surface area contributed by atoms with Crippen molar-refractivity contribution in [3.05, 3.63) is 0 Å². The van der Waals surface area contributed by atoms with Crippen LogP contribution in [-0.2, 0) is 4.79 Å². The third-order valence-corrected chi connectivity index (χ3v) is 1.54. The van der Waals surface area contributed by atoms with Gasteiger partial charge in [0.15, 0.2) is 0 Å². The molecule has 66 valence electrons. The highest BCUT2D eigenvalue weighted by Crippen LogP contribution is 2.17. The van der Waals surface area contributed by atoms with E-state index in [2.05, 4.69) is 5.32 Å². The van der Waals surface area contributed by atoms with Crippen LogP contribution < -0.4 is 5.32 Å². The van der Waals surface area contributed by atoms with E-state index in [1.54, 1.807) is 22.6 Å². The monoisotopic (exact) mass is 281 g/mol. The van der Waals surface area contributed by atoms with Crippen molar-refractivity contribution in [2.75, 3.05) is 11.0 Å². The molecule has 1 N–H and O–H groups in total. The summed E-state index contributed by atoms with van der Waals surface area (Å²) < 4.78 is 34.6. The second-order valence-electron chi connectivity index (χ2n) is 1.85. The molecule has 0 spiro atoms. The quantitative estimate of drug-likeness (QED) is 0.616.